The van der Waals surface area contributed by atoms with Gasteiger partial charge in [-0.15, -0.1) is 0 Å². The molecule has 5 heteroatoms. The Bertz CT molecular complexity index is 247. The molecule has 0 aliphatic carbocycles. The Morgan fingerprint density at radius 1 is 1.43 bits per heavy atom. The van der Waals surface area contributed by atoms with Gasteiger partial charge in [0.15, 0.2) is 0 Å². The molecule has 0 aromatic rings. The van der Waals surface area contributed by atoms with Crippen molar-refractivity contribution in [2.24, 2.45) is 5.41 Å². The molecular weight excluding hydrogens is 195 g/mol. The van der Waals surface area contributed by atoms with Gasteiger partial charge >= 0.3 is 12.1 Å². The second kappa shape index (κ2) is 3.14. The Morgan fingerprint density at radius 2 is 1.93 bits per heavy atom. The van der Waals surface area contributed by atoms with Gasteiger partial charge in [0.25, 0.3) is 0 Å². The number of halogens is 3. The molecule has 14 heavy (non-hydrogen) atoms. The van der Waals surface area contributed by atoms with E-state index in [2.05, 4.69) is 0 Å². The Kier molecular flexibility index (Phi) is 2.54. The van der Waals surface area contributed by atoms with Crippen LogP contribution >= 0.6 is 0 Å². The van der Waals surface area contributed by atoms with E-state index in [-0.39, 0.29) is 18.0 Å². The summed E-state index contributed by atoms with van der Waals surface area (Å²) in [6.45, 7) is 5.57. The average molecular weight is 209 g/mol. The molecule has 1 aliphatic rings. The van der Waals surface area contributed by atoms with Gasteiger partial charge in [-0.25, -0.2) is 0 Å². The third-order valence-electron chi connectivity index (χ3n) is 2.48. The third-order valence-corrected chi connectivity index (χ3v) is 2.48. The van der Waals surface area contributed by atoms with Crippen molar-refractivity contribution >= 4 is 5.91 Å². The molecule has 1 saturated heterocycles. The van der Waals surface area contributed by atoms with E-state index in [4.69, 9.17) is 0 Å². The normalized spacial score (nSPS) is 26.7. The van der Waals surface area contributed by atoms with Crippen LogP contribution in [0, 0.1) is 5.41 Å². The first-order chi connectivity index (χ1) is 6.13. The van der Waals surface area contributed by atoms with E-state index in [1.54, 1.807) is 6.92 Å². The van der Waals surface area contributed by atoms with Crippen LogP contribution in [0.4, 0.5) is 13.2 Å². The lowest BCUT2D eigenvalue weighted by Crippen LogP contribution is -2.43. The van der Waals surface area contributed by atoms with Crippen LogP contribution in [-0.4, -0.2) is 29.6 Å². The van der Waals surface area contributed by atoms with Gasteiger partial charge in [-0.05, 0) is 18.8 Å². The molecular formula is C9H14F3NO. The fourth-order valence-corrected chi connectivity index (χ4v) is 2.03. The molecule has 1 amide bonds. The average Bonchev–Trinajstić information content (AvgIpc) is 2.21. The van der Waals surface area contributed by atoms with Crippen LogP contribution in [0.5, 0.6) is 0 Å². The highest BCUT2D eigenvalue weighted by atomic mass is 19.4. The quantitative estimate of drug-likeness (QED) is 0.599. The summed E-state index contributed by atoms with van der Waals surface area (Å²) in [7, 11) is 0. The first kappa shape index (κ1) is 11.3. The van der Waals surface area contributed by atoms with Gasteiger partial charge in [0.2, 0.25) is 0 Å². The standard InChI is InChI=1S/C9H14F3NO/c1-6-4-8(2,3)5-13(6)7(14)9(10,11)12/h6H,4-5H2,1-3H3/t6-/m0/s1. The first-order valence-electron chi connectivity index (χ1n) is 4.51. The van der Waals surface area contributed by atoms with Gasteiger partial charge in [-0.1, -0.05) is 13.8 Å². The van der Waals surface area contributed by atoms with E-state index in [1.165, 1.54) is 0 Å². The Hall–Kier alpha value is -0.740. The van der Waals surface area contributed by atoms with Gasteiger partial charge in [0, 0.05) is 12.6 Å². The minimum Gasteiger partial charge on any atom is -0.332 e. The topological polar surface area (TPSA) is 20.3 Å². The minimum atomic E-state index is -4.74. The predicted molar refractivity (Wildman–Crippen MR) is 45.6 cm³/mol. The number of rotatable bonds is 0. The zero-order valence-electron chi connectivity index (χ0n) is 8.48. The highest BCUT2D eigenvalue weighted by molar-refractivity contribution is 5.82. The lowest BCUT2D eigenvalue weighted by atomic mass is 9.91. The van der Waals surface area contributed by atoms with E-state index in [0.717, 1.165) is 4.90 Å². The van der Waals surface area contributed by atoms with Crippen LogP contribution in [0.15, 0.2) is 0 Å². The highest BCUT2D eigenvalue weighted by Gasteiger charge is 2.48. The van der Waals surface area contributed by atoms with Crippen LogP contribution in [0.2, 0.25) is 0 Å². The minimum absolute atomic E-state index is 0.187. The van der Waals surface area contributed by atoms with Gasteiger partial charge in [0.1, 0.15) is 0 Å². The second-order valence-corrected chi connectivity index (χ2v) is 4.65. The van der Waals surface area contributed by atoms with Crippen molar-refractivity contribution in [1.29, 1.82) is 0 Å². The van der Waals surface area contributed by atoms with E-state index in [9.17, 15) is 18.0 Å². The summed E-state index contributed by atoms with van der Waals surface area (Å²) in [4.78, 5) is 11.9. The largest absolute Gasteiger partial charge is 0.471 e. The number of nitrogens with zero attached hydrogens (tertiary/aromatic N) is 1. The van der Waals surface area contributed by atoms with Crippen molar-refractivity contribution in [1.82, 2.24) is 4.90 Å². The zero-order chi connectivity index (χ0) is 11.1. The lowest BCUT2D eigenvalue weighted by Gasteiger charge is -2.23. The van der Waals surface area contributed by atoms with Gasteiger partial charge in [-0.3, -0.25) is 4.79 Å². The van der Waals surface area contributed by atoms with E-state index < -0.39 is 12.1 Å². The molecule has 1 aliphatic heterocycles. The number of amides is 1. The van der Waals surface area contributed by atoms with Crippen molar-refractivity contribution in [3.63, 3.8) is 0 Å². The number of hydrogen-bond donors (Lipinski definition) is 0. The molecule has 0 aromatic carbocycles. The van der Waals surface area contributed by atoms with Crippen LogP contribution in [0.25, 0.3) is 0 Å². The maximum absolute atomic E-state index is 12.1. The Labute approximate surface area is 81.1 Å². The fourth-order valence-electron chi connectivity index (χ4n) is 2.03. The molecule has 0 spiro atoms. The maximum atomic E-state index is 12.1. The molecule has 0 aromatic heterocycles. The summed E-state index contributed by atoms with van der Waals surface area (Å²) >= 11 is 0. The second-order valence-electron chi connectivity index (χ2n) is 4.65. The van der Waals surface area contributed by atoms with Crippen LogP contribution in [0.3, 0.4) is 0 Å². The molecule has 1 atom stereocenters. The van der Waals surface area contributed by atoms with Crippen LogP contribution < -0.4 is 0 Å². The van der Waals surface area contributed by atoms with Crippen molar-refractivity contribution in [2.45, 2.75) is 39.4 Å². The highest BCUT2D eigenvalue weighted by Crippen LogP contribution is 2.35. The van der Waals surface area contributed by atoms with Crippen LogP contribution in [-0.2, 0) is 4.79 Å². The van der Waals surface area contributed by atoms with Crippen molar-refractivity contribution in [3.05, 3.63) is 0 Å². The van der Waals surface area contributed by atoms with Gasteiger partial charge in [0.05, 0.1) is 0 Å². The molecule has 0 bridgehead atoms. The molecule has 0 saturated carbocycles. The summed E-state index contributed by atoms with van der Waals surface area (Å²) in [6, 6.07) is -0.320. The zero-order valence-corrected chi connectivity index (χ0v) is 8.48. The predicted octanol–water partition coefficient (Wildman–Crippen LogP) is 2.20. The van der Waals surface area contributed by atoms with Gasteiger partial charge in [-0.2, -0.15) is 13.2 Å². The SMILES string of the molecule is C[C@H]1CC(C)(C)CN1C(=O)C(F)(F)F. The number of hydrogen-bond acceptors (Lipinski definition) is 1. The molecule has 0 unspecified atom stereocenters. The first-order valence-corrected chi connectivity index (χ1v) is 4.51. The summed E-state index contributed by atoms with van der Waals surface area (Å²) < 4.78 is 36.4. The number of alkyl halides is 3. The molecule has 1 heterocycles. The number of likely N-dealkylation sites (tertiary alicyclic amines) is 1. The van der Waals surface area contributed by atoms with Crippen molar-refractivity contribution in [3.8, 4) is 0 Å². The summed E-state index contributed by atoms with van der Waals surface area (Å²) in [5, 5.41) is 0. The maximum Gasteiger partial charge on any atom is 0.471 e. The van der Waals surface area contributed by atoms with E-state index in [1.807, 2.05) is 13.8 Å². The smallest absolute Gasteiger partial charge is 0.332 e. The van der Waals surface area contributed by atoms with E-state index >= 15 is 0 Å². The van der Waals surface area contributed by atoms with Gasteiger partial charge < -0.3 is 4.90 Å². The third kappa shape index (κ3) is 2.19. The number of carbonyl (C=O) groups excluding carboxylic acids is 1. The molecule has 2 nitrogen and oxygen atoms in total. The van der Waals surface area contributed by atoms with Crippen LogP contribution in [0.1, 0.15) is 27.2 Å². The lowest BCUT2D eigenvalue weighted by molar-refractivity contribution is -0.186. The fraction of sp³-hybridized carbons (Fsp3) is 0.889. The summed E-state index contributed by atoms with van der Waals surface area (Å²) in [5.41, 5.74) is -0.208. The number of carbonyl (C=O) groups is 1. The molecule has 0 radical (unpaired) electrons. The molecule has 82 valence electrons. The molecule has 1 rings (SSSR count). The molecule has 0 N–H and O–H groups in total. The monoisotopic (exact) mass is 209 g/mol. The Balaban J connectivity index is 2.77. The summed E-state index contributed by atoms with van der Waals surface area (Å²) in [5.74, 6) is -1.71. The summed E-state index contributed by atoms with van der Waals surface area (Å²) in [6.07, 6.45) is -4.12. The van der Waals surface area contributed by atoms with E-state index in [0.29, 0.717) is 6.42 Å². The molecule has 1 fully saturated rings. The van der Waals surface area contributed by atoms with Crippen molar-refractivity contribution < 1.29 is 18.0 Å². The Morgan fingerprint density at radius 3 is 2.21 bits per heavy atom. The van der Waals surface area contributed by atoms with Crippen molar-refractivity contribution in [2.75, 3.05) is 6.54 Å².